The Balaban J connectivity index is 1.16. The van der Waals surface area contributed by atoms with Crippen molar-refractivity contribution in [3.63, 3.8) is 0 Å². The first kappa shape index (κ1) is 19.3. The van der Waals surface area contributed by atoms with Gasteiger partial charge in [0.15, 0.2) is 11.5 Å². The number of nitrogens with zero attached hydrogens (tertiary/aromatic N) is 5. The van der Waals surface area contributed by atoms with Crippen molar-refractivity contribution < 1.29 is 19.0 Å². The summed E-state index contributed by atoms with van der Waals surface area (Å²) in [6, 6.07) is 7.52. The molecule has 0 radical (unpaired) electrons. The molecule has 31 heavy (non-hydrogen) atoms. The Bertz CT molecular complexity index is 1060. The summed E-state index contributed by atoms with van der Waals surface area (Å²) in [5.41, 5.74) is 0.955. The van der Waals surface area contributed by atoms with Crippen LogP contribution in [0.2, 0.25) is 0 Å². The molecule has 1 fully saturated rings. The predicted octanol–water partition coefficient (Wildman–Crippen LogP) is 1.30. The second-order valence-electron chi connectivity index (χ2n) is 7.29. The number of carbonyl (C=O) groups is 1. The van der Waals surface area contributed by atoms with Crippen molar-refractivity contribution in [1.82, 2.24) is 24.8 Å². The van der Waals surface area contributed by atoms with E-state index in [1.54, 1.807) is 29.5 Å². The van der Waals surface area contributed by atoms with Crippen LogP contribution in [0, 0.1) is 0 Å². The Morgan fingerprint density at radius 2 is 2.13 bits per heavy atom. The highest BCUT2D eigenvalue weighted by atomic mass is 16.7. The molecule has 2 aromatic heterocycles. The number of hydrogen-bond acceptors (Lipinski definition) is 8. The molecule has 0 bridgehead atoms. The van der Waals surface area contributed by atoms with E-state index in [2.05, 4.69) is 25.2 Å². The third-order valence-electron chi connectivity index (χ3n) is 5.17. The van der Waals surface area contributed by atoms with Crippen molar-refractivity contribution in [2.45, 2.75) is 19.1 Å². The van der Waals surface area contributed by atoms with Gasteiger partial charge in [-0.25, -0.2) is 9.97 Å². The monoisotopic (exact) mass is 422 g/mol. The van der Waals surface area contributed by atoms with Crippen molar-refractivity contribution in [3.8, 4) is 17.4 Å². The Hall–Kier alpha value is -3.66. The number of morpholine rings is 1. The number of carbonyl (C=O) groups excluding carboxylic acids is 1. The molecule has 1 saturated heterocycles. The lowest BCUT2D eigenvalue weighted by Crippen LogP contribution is -2.45. The number of anilines is 1. The summed E-state index contributed by atoms with van der Waals surface area (Å²) >= 11 is 0. The molecule has 10 heteroatoms. The van der Waals surface area contributed by atoms with Crippen LogP contribution in [-0.2, 0) is 16.1 Å². The van der Waals surface area contributed by atoms with E-state index in [0.29, 0.717) is 37.9 Å². The molecule has 1 N–H and O–H groups in total. The number of hydrogen-bond donors (Lipinski definition) is 1. The van der Waals surface area contributed by atoms with Gasteiger partial charge in [-0.15, -0.1) is 0 Å². The summed E-state index contributed by atoms with van der Waals surface area (Å²) in [6.07, 6.45) is 6.93. The van der Waals surface area contributed by atoms with Crippen molar-refractivity contribution >= 4 is 11.7 Å². The number of benzene rings is 1. The smallest absolute Gasteiger partial charge is 0.236 e. The zero-order chi connectivity index (χ0) is 21.0. The topological polar surface area (TPSA) is 104 Å². The molecule has 2 aliphatic heterocycles. The van der Waals surface area contributed by atoms with Crippen LogP contribution in [0.15, 0.2) is 49.2 Å². The predicted molar refractivity (Wildman–Crippen MR) is 110 cm³/mol. The lowest BCUT2D eigenvalue weighted by atomic mass is 10.1. The summed E-state index contributed by atoms with van der Waals surface area (Å²) in [4.78, 5) is 27.5. The van der Waals surface area contributed by atoms with Crippen molar-refractivity contribution in [3.05, 3.63) is 54.7 Å². The number of rotatable bonds is 6. The summed E-state index contributed by atoms with van der Waals surface area (Å²) in [5.74, 6) is 2.73. The zero-order valence-electron chi connectivity index (χ0n) is 16.8. The maximum absolute atomic E-state index is 12.5. The number of nitrogens with one attached hydrogen (secondary N) is 1. The van der Waals surface area contributed by atoms with Crippen LogP contribution >= 0.6 is 0 Å². The summed E-state index contributed by atoms with van der Waals surface area (Å²) < 4.78 is 18.3. The quantitative estimate of drug-likeness (QED) is 0.634. The minimum absolute atomic E-state index is 0.0636. The SMILES string of the molecule is O=C(CC1CN(c2ccnc(-n3ccnc3)n2)CCO1)NCc1ccc2c(c1)OCO2. The first-order chi connectivity index (χ1) is 15.2. The molecule has 0 saturated carbocycles. The molecule has 3 aromatic rings. The molecule has 1 unspecified atom stereocenters. The van der Waals surface area contributed by atoms with E-state index in [0.717, 1.165) is 17.1 Å². The minimum Gasteiger partial charge on any atom is -0.454 e. The van der Waals surface area contributed by atoms with Gasteiger partial charge in [0, 0.05) is 38.2 Å². The molecule has 5 rings (SSSR count). The lowest BCUT2D eigenvalue weighted by Gasteiger charge is -2.33. The third kappa shape index (κ3) is 4.43. The second kappa shape index (κ2) is 8.60. The highest BCUT2D eigenvalue weighted by molar-refractivity contribution is 5.76. The van der Waals surface area contributed by atoms with Crippen LogP contribution in [0.25, 0.3) is 5.95 Å². The van der Waals surface area contributed by atoms with Crippen LogP contribution in [0.4, 0.5) is 5.82 Å². The second-order valence-corrected chi connectivity index (χ2v) is 7.29. The first-order valence-electron chi connectivity index (χ1n) is 10.1. The van der Waals surface area contributed by atoms with Crippen molar-refractivity contribution in [1.29, 1.82) is 0 Å². The number of fused-ring (bicyclic) bond motifs is 1. The molecular formula is C21H22N6O4. The Morgan fingerprint density at radius 3 is 3.03 bits per heavy atom. The van der Waals surface area contributed by atoms with Crippen LogP contribution in [-0.4, -0.2) is 58.0 Å². The van der Waals surface area contributed by atoms with Gasteiger partial charge in [-0.05, 0) is 23.8 Å². The van der Waals surface area contributed by atoms with Gasteiger partial charge in [0.2, 0.25) is 18.6 Å². The fourth-order valence-corrected chi connectivity index (χ4v) is 3.60. The number of amides is 1. The number of imidazole rings is 1. The van der Waals surface area contributed by atoms with E-state index in [4.69, 9.17) is 14.2 Å². The standard InChI is InChI=1S/C21H22N6O4/c28-20(24-11-15-1-2-17-18(9-15)31-14-30-17)10-16-12-26(7-8-29-16)19-3-4-23-21(25-19)27-6-5-22-13-27/h1-6,9,13,16H,7-8,10-12,14H2,(H,24,28). The van der Waals surface area contributed by atoms with Crippen LogP contribution in [0.1, 0.15) is 12.0 Å². The molecular weight excluding hydrogens is 400 g/mol. The fraction of sp³-hybridized carbons (Fsp3) is 0.333. The Kier molecular flexibility index (Phi) is 5.36. The van der Waals surface area contributed by atoms with E-state index in [9.17, 15) is 4.79 Å². The summed E-state index contributed by atoms with van der Waals surface area (Å²) in [6.45, 7) is 2.47. The molecule has 4 heterocycles. The Morgan fingerprint density at radius 1 is 1.19 bits per heavy atom. The summed E-state index contributed by atoms with van der Waals surface area (Å²) in [7, 11) is 0. The molecule has 2 aliphatic rings. The Labute approximate surface area is 178 Å². The highest BCUT2D eigenvalue weighted by Crippen LogP contribution is 2.32. The van der Waals surface area contributed by atoms with Gasteiger partial charge in [-0.3, -0.25) is 9.36 Å². The molecule has 160 valence electrons. The van der Waals surface area contributed by atoms with E-state index < -0.39 is 0 Å². The van der Waals surface area contributed by atoms with Gasteiger partial charge in [0.05, 0.1) is 19.1 Å². The minimum atomic E-state index is -0.211. The van der Waals surface area contributed by atoms with Crippen LogP contribution in [0.3, 0.4) is 0 Å². The highest BCUT2D eigenvalue weighted by Gasteiger charge is 2.24. The third-order valence-corrected chi connectivity index (χ3v) is 5.17. The molecule has 0 spiro atoms. The zero-order valence-corrected chi connectivity index (χ0v) is 16.8. The summed E-state index contributed by atoms with van der Waals surface area (Å²) in [5, 5.41) is 2.95. The maximum atomic E-state index is 12.5. The molecule has 1 atom stereocenters. The van der Waals surface area contributed by atoms with Gasteiger partial charge in [0.1, 0.15) is 12.1 Å². The largest absolute Gasteiger partial charge is 0.454 e. The van der Waals surface area contributed by atoms with Crippen LogP contribution in [0.5, 0.6) is 11.5 Å². The van der Waals surface area contributed by atoms with Gasteiger partial charge in [-0.2, -0.15) is 4.98 Å². The normalized spacial score (nSPS) is 17.5. The van der Waals surface area contributed by atoms with E-state index in [1.165, 1.54) is 0 Å². The molecule has 1 amide bonds. The van der Waals surface area contributed by atoms with Gasteiger partial charge >= 0.3 is 0 Å². The average molecular weight is 422 g/mol. The first-order valence-corrected chi connectivity index (χ1v) is 10.1. The number of aromatic nitrogens is 4. The van der Waals surface area contributed by atoms with Crippen molar-refractivity contribution in [2.75, 3.05) is 31.4 Å². The van der Waals surface area contributed by atoms with Crippen molar-refractivity contribution in [2.24, 2.45) is 0 Å². The van der Waals surface area contributed by atoms with E-state index in [1.807, 2.05) is 24.3 Å². The van der Waals surface area contributed by atoms with Crippen LogP contribution < -0.4 is 19.7 Å². The number of ether oxygens (including phenoxy) is 3. The maximum Gasteiger partial charge on any atom is 0.236 e. The van der Waals surface area contributed by atoms with Gasteiger partial charge in [0.25, 0.3) is 0 Å². The lowest BCUT2D eigenvalue weighted by molar-refractivity contribution is -0.124. The fourth-order valence-electron chi connectivity index (χ4n) is 3.60. The molecule has 0 aliphatic carbocycles. The van der Waals surface area contributed by atoms with E-state index >= 15 is 0 Å². The van der Waals surface area contributed by atoms with Gasteiger partial charge < -0.3 is 24.4 Å². The van der Waals surface area contributed by atoms with Gasteiger partial charge in [-0.1, -0.05) is 6.07 Å². The molecule has 10 nitrogen and oxygen atoms in total. The molecule has 1 aromatic carbocycles. The van der Waals surface area contributed by atoms with E-state index in [-0.39, 0.29) is 25.2 Å². The average Bonchev–Trinajstić information content (AvgIpc) is 3.50.